The van der Waals surface area contributed by atoms with E-state index in [4.69, 9.17) is 9.47 Å². The third-order valence-corrected chi connectivity index (χ3v) is 8.46. The monoisotopic (exact) mass is 613 g/mol. The van der Waals surface area contributed by atoms with E-state index in [1.807, 2.05) is 52.0 Å². The van der Waals surface area contributed by atoms with Crippen LogP contribution in [-0.4, -0.2) is 57.5 Å². The fraction of sp³-hybridized carbons (Fsp3) is 0.375. The van der Waals surface area contributed by atoms with E-state index in [0.29, 0.717) is 12.2 Å². The maximum atomic E-state index is 14.2. The molecular formula is C32H40FN3O6S. The van der Waals surface area contributed by atoms with Gasteiger partial charge in [0.25, 0.3) is 10.0 Å². The fourth-order valence-corrected chi connectivity index (χ4v) is 5.93. The van der Waals surface area contributed by atoms with Crippen LogP contribution < -0.4 is 19.1 Å². The highest BCUT2D eigenvalue weighted by Gasteiger charge is 2.35. The number of nitrogens with one attached hydrogen (secondary N) is 1. The van der Waals surface area contributed by atoms with Crippen LogP contribution in [0, 0.1) is 12.7 Å². The average molecular weight is 614 g/mol. The van der Waals surface area contributed by atoms with Gasteiger partial charge in [0.15, 0.2) is 11.5 Å². The predicted molar refractivity (Wildman–Crippen MR) is 164 cm³/mol. The molecule has 43 heavy (non-hydrogen) atoms. The van der Waals surface area contributed by atoms with Crippen molar-refractivity contribution in [3.8, 4) is 11.5 Å². The van der Waals surface area contributed by atoms with Gasteiger partial charge in [-0.3, -0.25) is 13.9 Å². The average Bonchev–Trinajstić information content (AvgIpc) is 2.95. The summed E-state index contributed by atoms with van der Waals surface area (Å²) in [6, 6.07) is 15.5. The van der Waals surface area contributed by atoms with Crippen LogP contribution in [0.1, 0.15) is 45.2 Å². The molecule has 232 valence electrons. The third-order valence-electron chi connectivity index (χ3n) is 6.69. The first-order valence-electron chi connectivity index (χ1n) is 13.9. The molecule has 3 aromatic rings. The van der Waals surface area contributed by atoms with Crippen LogP contribution in [0.4, 0.5) is 10.1 Å². The van der Waals surface area contributed by atoms with E-state index in [-0.39, 0.29) is 28.8 Å². The lowest BCUT2D eigenvalue weighted by Gasteiger charge is -2.34. The number of sulfonamides is 1. The largest absolute Gasteiger partial charge is 0.493 e. The second-order valence-electron chi connectivity index (χ2n) is 11.2. The number of nitrogens with zero attached hydrogens (tertiary/aromatic N) is 2. The van der Waals surface area contributed by atoms with E-state index in [0.717, 1.165) is 27.6 Å². The number of hydrogen-bond acceptors (Lipinski definition) is 6. The molecular weight excluding hydrogens is 573 g/mol. The second-order valence-corrected chi connectivity index (χ2v) is 13.0. The van der Waals surface area contributed by atoms with Gasteiger partial charge in [0.05, 0.1) is 24.8 Å². The van der Waals surface area contributed by atoms with E-state index in [1.54, 1.807) is 6.92 Å². The minimum absolute atomic E-state index is 0.0723. The summed E-state index contributed by atoms with van der Waals surface area (Å²) in [5, 5.41) is 2.94. The normalized spacial score (nSPS) is 12.3. The Morgan fingerprint density at radius 1 is 0.930 bits per heavy atom. The Balaban J connectivity index is 2.10. The number of aryl methyl sites for hydroxylation is 1. The zero-order chi connectivity index (χ0) is 31.9. The highest BCUT2D eigenvalue weighted by Crippen LogP contribution is 2.32. The number of carbonyl (C=O) groups is 2. The van der Waals surface area contributed by atoms with Crippen molar-refractivity contribution in [1.82, 2.24) is 10.2 Å². The molecule has 0 spiro atoms. The van der Waals surface area contributed by atoms with Crippen molar-refractivity contribution in [2.24, 2.45) is 0 Å². The number of methoxy groups -OCH3 is 2. The van der Waals surface area contributed by atoms with Gasteiger partial charge >= 0.3 is 0 Å². The van der Waals surface area contributed by atoms with E-state index in [9.17, 15) is 22.4 Å². The maximum absolute atomic E-state index is 14.2. The molecule has 1 unspecified atom stereocenters. The van der Waals surface area contributed by atoms with Gasteiger partial charge in [-0.05, 0) is 76.1 Å². The van der Waals surface area contributed by atoms with Crippen LogP contribution in [0.3, 0.4) is 0 Å². The first-order chi connectivity index (χ1) is 20.2. The van der Waals surface area contributed by atoms with Crippen molar-refractivity contribution in [2.45, 2.75) is 64.1 Å². The SMILES string of the molecule is CCC(C(=O)NC(C)(C)C)N(Cc1ccc(C)cc1)C(=O)CN(c1ccc(F)cc1)S(=O)(=O)c1ccc(OC)c(OC)c1. The van der Waals surface area contributed by atoms with Gasteiger partial charge in [0, 0.05) is 18.2 Å². The summed E-state index contributed by atoms with van der Waals surface area (Å²) >= 11 is 0. The molecule has 9 nitrogen and oxygen atoms in total. The van der Waals surface area contributed by atoms with Gasteiger partial charge < -0.3 is 19.7 Å². The van der Waals surface area contributed by atoms with Crippen LogP contribution >= 0.6 is 0 Å². The Morgan fingerprint density at radius 2 is 1.53 bits per heavy atom. The molecule has 0 aliphatic carbocycles. The standard InChI is InChI=1S/C32H40FN3O6S/c1-8-27(31(38)34-32(3,4)5)35(20-23-11-9-22(2)10-12-23)30(37)21-36(25-15-13-24(33)14-16-25)43(39,40)26-17-18-28(41-6)29(19-26)42-7/h9-19,27H,8,20-21H2,1-7H3,(H,34,38). The molecule has 1 atom stereocenters. The summed E-state index contributed by atoms with van der Waals surface area (Å²) in [4.78, 5) is 28.8. The molecule has 3 aromatic carbocycles. The summed E-state index contributed by atoms with van der Waals surface area (Å²) in [5.41, 5.74) is 1.33. The number of rotatable bonds is 12. The van der Waals surface area contributed by atoms with Crippen LogP contribution in [0.25, 0.3) is 0 Å². The van der Waals surface area contributed by atoms with Gasteiger partial charge in [-0.25, -0.2) is 12.8 Å². The summed E-state index contributed by atoms with van der Waals surface area (Å²) < 4.78 is 53.5. The van der Waals surface area contributed by atoms with E-state index < -0.39 is 39.9 Å². The molecule has 0 fully saturated rings. The molecule has 0 aliphatic rings. The summed E-state index contributed by atoms with van der Waals surface area (Å²) in [6.07, 6.45) is 0.290. The molecule has 3 rings (SSSR count). The van der Waals surface area contributed by atoms with Crippen molar-refractivity contribution in [2.75, 3.05) is 25.1 Å². The molecule has 2 amide bonds. The van der Waals surface area contributed by atoms with Crippen LogP contribution in [-0.2, 0) is 26.2 Å². The van der Waals surface area contributed by atoms with Gasteiger partial charge in [-0.1, -0.05) is 36.8 Å². The zero-order valence-corrected chi connectivity index (χ0v) is 26.5. The number of amides is 2. The first kappa shape index (κ1) is 33.4. The number of halogens is 1. The number of carbonyl (C=O) groups excluding carboxylic acids is 2. The minimum atomic E-state index is -4.39. The summed E-state index contributed by atoms with van der Waals surface area (Å²) in [5.74, 6) is -1.02. The highest BCUT2D eigenvalue weighted by atomic mass is 32.2. The minimum Gasteiger partial charge on any atom is -0.493 e. The Hall–Kier alpha value is -4.12. The lowest BCUT2D eigenvalue weighted by molar-refractivity contribution is -0.141. The number of hydrogen-bond donors (Lipinski definition) is 1. The van der Waals surface area contributed by atoms with Gasteiger partial charge in [0.1, 0.15) is 18.4 Å². The third kappa shape index (κ3) is 8.47. The van der Waals surface area contributed by atoms with Crippen molar-refractivity contribution in [3.63, 3.8) is 0 Å². The molecule has 0 aliphatic heterocycles. The van der Waals surface area contributed by atoms with Crippen molar-refractivity contribution >= 4 is 27.5 Å². The molecule has 0 aromatic heterocycles. The number of benzene rings is 3. The van der Waals surface area contributed by atoms with E-state index in [1.165, 1.54) is 49.5 Å². The van der Waals surface area contributed by atoms with Crippen LogP contribution in [0.5, 0.6) is 11.5 Å². The smallest absolute Gasteiger partial charge is 0.264 e. The quantitative estimate of drug-likeness (QED) is 0.306. The van der Waals surface area contributed by atoms with Crippen molar-refractivity contribution in [1.29, 1.82) is 0 Å². The van der Waals surface area contributed by atoms with Gasteiger partial charge in [-0.2, -0.15) is 0 Å². The zero-order valence-electron chi connectivity index (χ0n) is 25.7. The van der Waals surface area contributed by atoms with E-state index in [2.05, 4.69) is 5.32 Å². The van der Waals surface area contributed by atoms with Gasteiger partial charge in [-0.15, -0.1) is 0 Å². The topological polar surface area (TPSA) is 105 Å². The first-order valence-corrected chi connectivity index (χ1v) is 15.3. The fourth-order valence-electron chi connectivity index (χ4n) is 4.50. The molecule has 0 bridgehead atoms. The van der Waals surface area contributed by atoms with Gasteiger partial charge in [0.2, 0.25) is 11.8 Å². The van der Waals surface area contributed by atoms with Crippen molar-refractivity contribution in [3.05, 3.63) is 83.7 Å². The number of ether oxygens (including phenoxy) is 2. The molecule has 0 saturated heterocycles. The Morgan fingerprint density at radius 3 is 2.07 bits per heavy atom. The molecule has 1 N–H and O–H groups in total. The second kappa shape index (κ2) is 13.9. The Bertz CT molecular complexity index is 1520. The Kier molecular flexibility index (Phi) is 10.8. The van der Waals surface area contributed by atoms with E-state index >= 15 is 0 Å². The molecule has 11 heteroatoms. The lowest BCUT2D eigenvalue weighted by atomic mass is 10.1. The van der Waals surface area contributed by atoms with Crippen LogP contribution in [0.2, 0.25) is 0 Å². The predicted octanol–water partition coefficient (Wildman–Crippen LogP) is 5.07. The maximum Gasteiger partial charge on any atom is 0.264 e. The lowest BCUT2D eigenvalue weighted by Crippen LogP contribution is -2.55. The summed E-state index contributed by atoms with van der Waals surface area (Å²) in [7, 11) is -1.58. The highest BCUT2D eigenvalue weighted by molar-refractivity contribution is 7.92. The Labute approximate surface area is 253 Å². The molecule has 0 heterocycles. The van der Waals surface area contributed by atoms with Crippen molar-refractivity contribution < 1.29 is 31.9 Å². The number of anilines is 1. The summed E-state index contributed by atoms with van der Waals surface area (Å²) in [6.45, 7) is 8.69. The molecule has 0 saturated carbocycles. The molecule has 0 radical (unpaired) electrons. The van der Waals surface area contributed by atoms with Crippen LogP contribution in [0.15, 0.2) is 71.6 Å².